The average Bonchev–Trinajstić information content (AvgIpc) is 2.09. The van der Waals surface area contributed by atoms with E-state index in [4.69, 9.17) is 14.9 Å². The molecule has 0 saturated heterocycles. The molecule has 3 N–H and O–H groups in total. The fourth-order valence-corrected chi connectivity index (χ4v) is 1.06. The van der Waals surface area contributed by atoms with Gasteiger partial charge in [-0.2, -0.15) is 0 Å². The average molecular weight is 186 g/mol. The number of aliphatic hydroxyl groups is 2. The van der Waals surface area contributed by atoms with E-state index in [1.54, 1.807) is 0 Å². The van der Waals surface area contributed by atoms with Crippen LogP contribution < -0.4 is 0 Å². The van der Waals surface area contributed by atoms with Crippen LogP contribution in [0.25, 0.3) is 0 Å². The highest BCUT2D eigenvalue weighted by molar-refractivity contribution is 5.90. The van der Waals surface area contributed by atoms with E-state index in [0.29, 0.717) is 0 Å². The molecular formula is C8H10O5. The van der Waals surface area contributed by atoms with E-state index >= 15 is 0 Å². The Balaban J connectivity index is 2.95. The lowest BCUT2D eigenvalue weighted by atomic mass is 10.0. The van der Waals surface area contributed by atoms with Crippen molar-refractivity contribution in [2.45, 2.75) is 12.2 Å². The second-order valence-electron chi connectivity index (χ2n) is 2.64. The van der Waals surface area contributed by atoms with Crippen molar-refractivity contribution in [3.63, 3.8) is 0 Å². The first kappa shape index (κ1) is 9.76. The minimum Gasteiger partial charge on any atom is -0.509 e. The van der Waals surface area contributed by atoms with Gasteiger partial charge in [-0.05, 0) is 12.2 Å². The number of aliphatic carboxylic acids is 1. The van der Waals surface area contributed by atoms with E-state index in [9.17, 15) is 9.90 Å². The van der Waals surface area contributed by atoms with Gasteiger partial charge in [-0.1, -0.05) is 0 Å². The summed E-state index contributed by atoms with van der Waals surface area (Å²) in [6.45, 7) is 0. The Morgan fingerprint density at radius 1 is 1.62 bits per heavy atom. The predicted molar refractivity (Wildman–Crippen MR) is 43.2 cm³/mol. The summed E-state index contributed by atoms with van der Waals surface area (Å²) < 4.78 is 4.76. The third-order valence-corrected chi connectivity index (χ3v) is 1.78. The van der Waals surface area contributed by atoms with Crippen LogP contribution in [0, 0.1) is 0 Å². The largest absolute Gasteiger partial charge is 0.509 e. The summed E-state index contributed by atoms with van der Waals surface area (Å²) in [5, 5.41) is 27.0. The highest BCUT2D eigenvalue weighted by atomic mass is 16.5. The minimum absolute atomic E-state index is 0.0883. The zero-order valence-corrected chi connectivity index (χ0v) is 6.97. The number of carbonyl (C=O) groups is 1. The van der Waals surface area contributed by atoms with Gasteiger partial charge in [-0.15, -0.1) is 0 Å². The maximum absolute atomic E-state index is 10.5. The number of methoxy groups -OCH3 is 1. The number of carboxylic acids is 1. The van der Waals surface area contributed by atoms with Crippen molar-refractivity contribution in [3.8, 4) is 0 Å². The number of rotatable bonds is 2. The molecular weight excluding hydrogens is 176 g/mol. The van der Waals surface area contributed by atoms with Gasteiger partial charge in [-0.3, -0.25) is 0 Å². The molecule has 5 nitrogen and oxygen atoms in total. The Morgan fingerprint density at radius 2 is 2.23 bits per heavy atom. The van der Waals surface area contributed by atoms with Crippen molar-refractivity contribution in [3.05, 3.63) is 23.5 Å². The zero-order chi connectivity index (χ0) is 10.0. The first-order chi connectivity index (χ1) is 6.06. The quantitative estimate of drug-likeness (QED) is 0.557. The molecule has 0 aromatic carbocycles. The van der Waals surface area contributed by atoms with E-state index in [2.05, 4.69) is 0 Å². The second-order valence-corrected chi connectivity index (χ2v) is 2.64. The van der Waals surface area contributed by atoms with E-state index in [0.717, 1.165) is 6.08 Å². The molecule has 0 saturated carbocycles. The molecule has 0 bridgehead atoms. The third kappa shape index (κ3) is 1.88. The van der Waals surface area contributed by atoms with Crippen molar-refractivity contribution in [2.24, 2.45) is 0 Å². The normalized spacial score (nSPS) is 27.8. The van der Waals surface area contributed by atoms with Gasteiger partial charge in [-0.25, -0.2) is 4.79 Å². The Morgan fingerprint density at radius 3 is 2.69 bits per heavy atom. The molecule has 0 fully saturated rings. The van der Waals surface area contributed by atoms with Crippen LogP contribution in [0.3, 0.4) is 0 Å². The third-order valence-electron chi connectivity index (χ3n) is 1.78. The van der Waals surface area contributed by atoms with Gasteiger partial charge in [0.15, 0.2) is 0 Å². The van der Waals surface area contributed by atoms with E-state index < -0.39 is 23.9 Å². The molecule has 0 aromatic rings. The maximum Gasteiger partial charge on any atom is 0.335 e. The monoisotopic (exact) mass is 186 g/mol. The van der Waals surface area contributed by atoms with Crippen LogP contribution in [0.4, 0.5) is 0 Å². The molecule has 0 spiro atoms. The SMILES string of the molecule is COC1C=C(C(=O)O)C=C(O)C1O. The molecule has 0 heterocycles. The molecule has 0 aromatic heterocycles. The number of ether oxygens (including phenoxy) is 1. The van der Waals surface area contributed by atoms with Gasteiger partial charge in [0.25, 0.3) is 0 Å². The Bertz CT molecular complexity index is 278. The molecule has 1 aliphatic carbocycles. The molecule has 2 atom stereocenters. The van der Waals surface area contributed by atoms with Gasteiger partial charge in [0, 0.05) is 7.11 Å². The number of hydrogen-bond acceptors (Lipinski definition) is 4. The lowest BCUT2D eigenvalue weighted by molar-refractivity contribution is -0.132. The minimum atomic E-state index is -1.19. The van der Waals surface area contributed by atoms with Crippen LogP contribution in [-0.4, -0.2) is 40.6 Å². The summed E-state index contributed by atoms with van der Waals surface area (Å²) in [7, 11) is 1.32. The van der Waals surface area contributed by atoms with Crippen LogP contribution in [0.5, 0.6) is 0 Å². The topological polar surface area (TPSA) is 87.0 Å². The summed E-state index contributed by atoms with van der Waals surface area (Å²) in [6, 6.07) is 0. The van der Waals surface area contributed by atoms with Crippen molar-refractivity contribution in [1.82, 2.24) is 0 Å². The standard InChI is InChI=1S/C8H10O5/c1-13-6-3-4(8(11)12)2-5(9)7(6)10/h2-3,6-7,9-10H,1H3,(H,11,12). The summed E-state index contributed by atoms with van der Waals surface area (Å²) in [6.07, 6.45) is 0.249. The highest BCUT2D eigenvalue weighted by Gasteiger charge is 2.27. The molecule has 1 rings (SSSR count). The van der Waals surface area contributed by atoms with Crippen LogP contribution in [-0.2, 0) is 9.53 Å². The molecule has 0 aliphatic heterocycles. The molecule has 1 aliphatic rings. The van der Waals surface area contributed by atoms with Gasteiger partial charge >= 0.3 is 5.97 Å². The molecule has 72 valence electrons. The Kier molecular flexibility index (Phi) is 2.69. The molecule has 2 unspecified atom stereocenters. The van der Waals surface area contributed by atoms with Crippen LogP contribution in [0.2, 0.25) is 0 Å². The predicted octanol–water partition coefficient (Wildman–Crippen LogP) is -0.171. The van der Waals surface area contributed by atoms with Gasteiger partial charge in [0.2, 0.25) is 0 Å². The van der Waals surface area contributed by atoms with Crippen molar-refractivity contribution >= 4 is 5.97 Å². The molecule has 0 radical (unpaired) electrons. The lowest BCUT2D eigenvalue weighted by Crippen LogP contribution is -2.31. The lowest BCUT2D eigenvalue weighted by Gasteiger charge is -2.21. The fraction of sp³-hybridized carbons (Fsp3) is 0.375. The summed E-state index contributed by atoms with van der Waals surface area (Å²) >= 11 is 0. The first-order valence-corrected chi connectivity index (χ1v) is 3.62. The number of aliphatic hydroxyl groups excluding tert-OH is 2. The van der Waals surface area contributed by atoms with E-state index in [-0.39, 0.29) is 5.57 Å². The summed E-state index contributed by atoms with van der Waals surface area (Å²) in [5.74, 6) is -1.56. The van der Waals surface area contributed by atoms with Gasteiger partial charge in [0.05, 0.1) is 5.57 Å². The Hall–Kier alpha value is -1.33. The summed E-state index contributed by atoms with van der Waals surface area (Å²) in [4.78, 5) is 10.5. The summed E-state index contributed by atoms with van der Waals surface area (Å²) in [5.41, 5.74) is -0.0883. The van der Waals surface area contributed by atoms with Crippen LogP contribution in [0.15, 0.2) is 23.5 Å². The van der Waals surface area contributed by atoms with Gasteiger partial charge in [0.1, 0.15) is 18.0 Å². The van der Waals surface area contributed by atoms with Gasteiger partial charge < -0.3 is 20.1 Å². The highest BCUT2D eigenvalue weighted by Crippen LogP contribution is 2.18. The second kappa shape index (κ2) is 3.59. The molecule has 0 amide bonds. The number of hydrogen-bond donors (Lipinski definition) is 3. The first-order valence-electron chi connectivity index (χ1n) is 3.62. The Labute approximate surface area is 74.6 Å². The molecule has 13 heavy (non-hydrogen) atoms. The van der Waals surface area contributed by atoms with Crippen molar-refractivity contribution < 1.29 is 24.9 Å². The zero-order valence-electron chi connectivity index (χ0n) is 6.97. The fourth-order valence-electron chi connectivity index (χ4n) is 1.06. The maximum atomic E-state index is 10.5. The number of carboxylic acid groups (broad SMARTS) is 1. The van der Waals surface area contributed by atoms with Crippen LogP contribution in [0.1, 0.15) is 0 Å². The van der Waals surface area contributed by atoms with E-state index in [1.807, 2.05) is 0 Å². The van der Waals surface area contributed by atoms with E-state index in [1.165, 1.54) is 13.2 Å². The van der Waals surface area contributed by atoms with Crippen molar-refractivity contribution in [1.29, 1.82) is 0 Å². The van der Waals surface area contributed by atoms with Crippen LogP contribution >= 0.6 is 0 Å². The molecule has 5 heteroatoms. The van der Waals surface area contributed by atoms with Crippen molar-refractivity contribution in [2.75, 3.05) is 7.11 Å². The smallest absolute Gasteiger partial charge is 0.335 e.